The molecule has 0 saturated heterocycles. The second-order valence-corrected chi connectivity index (χ2v) is 6.45. The maximum Gasteiger partial charge on any atom is 0.336 e. The topological polar surface area (TPSA) is 122 Å². The molecule has 0 aliphatic carbocycles. The van der Waals surface area contributed by atoms with Gasteiger partial charge in [-0.25, -0.2) is 4.79 Å². The van der Waals surface area contributed by atoms with Gasteiger partial charge < -0.3 is 24.6 Å². The second-order valence-electron chi connectivity index (χ2n) is 4.81. The molecule has 126 valence electrons. The summed E-state index contributed by atoms with van der Waals surface area (Å²) in [5, 5.41) is 2.81. The highest BCUT2D eigenvalue weighted by molar-refractivity contribution is 7.52. The number of hydrogen-bond donors (Lipinski definition) is 3. The van der Waals surface area contributed by atoms with E-state index in [4.69, 9.17) is 19.3 Å². The van der Waals surface area contributed by atoms with Crippen molar-refractivity contribution in [3.05, 3.63) is 24.4 Å². The maximum absolute atomic E-state index is 11.4. The van der Waals surface area contributed by atoms with E-state index in [2.05, 4.69) is 18.5 Å². The smallest absolute Gasteiger partial charge is 0.336 e. The molecule has 0 aliphatic rings. The van der Waals surface area contributed by atoms with Gasteiger partial charge in [0.1, 0.15) is 6.16 Å². The van der Waals surface area contributed by atoms with Crippen molar-refractivity contribution in [2.75, 3.05) is 26.4 Å². The monoisotopic (exact) mass is 335 g/mol. The van der Waals surface area contributed by atoms with Gasteiger partial charge in [0.15, 0.2) is 0 Å². The number of rotatable bonds is 10. The summed E-state index contributed by atoms with van der Waals surface area (Å²) in [6, 6.07) is 0. The Balaban J connectivity index is 4.50. The molecule has 0 bridgehead atoms. The predicted molar refractivity (Wildman–Crippen MR) is 79.9 cm³/mol. The molecule has 3 N–H and O–H groups in total. The van der Waals surface area contributed by atoms with E-state index >= 15 is 0 Å². The van der Waals surface area contributed by atoms with Crippen molar-refractivity contribution in [3.63, 3.8) is 0 Å². The molecule has 0 saturated carbocycles. The first-order valence-electron chi connectivity index (χ1n) is 6.43. The SMILES string of the molecule is C=C(CC(COC(=O)CP(=O)(O)O)COC(=O)C(=C)C)NC. The Morgan fingerprint density at radius 3 is 2.23 bits per heavy atom. The van der Waals surface area contributed by atoms with Crippen molar-refractivity contribution >= 4 is 19.5 Å². The second kappa shape index (κ2) is 9.40. The normalized spacial score (nSPS) is 12.2. The van der Waals surface area contributed by atoms with Crippen molar-refractivity contribution in [2.24, 2.45) is 5.92 Å². The van der Waals surface area contributed by atoms with Gasteiger partial charge in [-0.15, -0.1) is 0 Å². The van der Waals surface area contributed by atoms with Crippen LogP contribution in [0.1, 0.15) is 13.3 Å². The summed E-state index contributed by atoms with van der Waals surface area (Å²) in [7, 11) is -2.79. The fourth-order valence-corrected chi connectivity index (χ4v) is 1.79. The van der Waals surface area contributed by atoms with Crippen LogP contribution in [0.15, 0.2) is 24.4 Å². The fraction of sp³-hybridized carbons (Fsp3) is 0.538. The van der Waals surface area contributed by atoms with Crippen LogP contribution in [0.3, 0.4) is 0 Å². The van der Waals surface area contributed by atoms with Crippen LogP contribution in [0.4, 0.5) is 0 Å². The van der Waals surface area contributed by atoms with Crippen molar-refractivity contribution in [2.45, 2.75) is 13.3 Å². The molecule has 1 atom stereocenters. The molecule has 0 spiro atoms. The minimum atomic E-state index is -4.46. The molecular weight excluding hydrogens is 313 g/mol. The molecule has 0 radical (unpaired) electrons. The minimum absolute atomic E-state index is 0.0322. The van der Waals surface area contributed by atoms with Crippen LogP contribution in [0.25, 0.3) is 0 Å². The van der Waals surface area contributed by atoms with Crippen molar-refractivity contribution < 1.29 is 33.4 Å². The van der Waals surface area contributed by atoms with E-state index in [9.17, 15) is 14.2 Å². The van der Waals surface area contributed by atoms with E-state index in [1.807, 2.05) is 0 Å². The summed E-state index contributed by atoms with van der Waals surface area (Å²) in [4.78, 5) is 40.0. The molecular formula is C13H22NO7P. The average Bonchev–Trinajstić information content (AvgIpc) is 2.38. The first kappa shape index (κ1) is 20.4. The first-order valence-corrected chi connectivity index (χ1v) is 8.23. The van der Waals surface area contributed by atoms with Crippen LogP contribution >= 0.6 is 7.60 Å². The molecule has 0 aromatic carbocycles. The van der Waals surface area contributed by atoms with Gasteiger partial charge in [0.25, 0.3) is 0 Å². The Morgan fingerprint density at radius 2 is 1.77 bits per heavy atom. The molecule has 0 heterocycles. The summed E-state index contributed by atoms with van der Waals surface area (Å²) >= 11 is 0. The highest BCUT2D eigenvalue weighted by Gasteiger charge is 2.22. The van der Waals surface area contributed by atoms with Gasteiger partial charge in [-0.3, -0.25) is 9.36 Å². The van der Waals surface area contributed by atoms with Gasteiger partial charge in [0.2, 0.25) is 0 Å². The summed E-state index contributed by atoms with van der Waals surface area (Å²) in [6.45, 7) is 8.50. The molecule has 0 aliphatic heterocycles. The quantitative estimate of drug-likeness (QED) is 0.301. The highest BCUT2D eigenvalue weighted by Crippen LogP contribution is 2.33. The third-order valence-electron chi connectivity index (χ3n) is 2.50. The lowest BCUT2D eigenvalue weighted by atomic mass is 10.1. The highest BCUT2D eigenvalue weighted by atomic mass is 31.2. The standard InChI is InChI=1S/C13H22NO7P/c1-9(2)13(16)21-7-11(5-10(3)14-4)6-20-12(15)8-22(17,18)19/h11,14H,1,3,5-8H2,2,4H3,(H2,17,18,19). The number of ether oxygens (including phenoxy) is 2. The lowest BCUT2D eigenvalue weighted by Gasteiger charge is -2.18. The van der Waals surface area contributed by atoms with Crippen LogP contribution in [-0.4, -0.2) is 48.1 Å². The molecule has 0 aromatic heterocycles. The molecule has 0 amide bonds. The third-order valence-corrected chi connectivity index (χ3v) is 3.17. The van der Waals surface area contributed by atoms with E-state index in [0.29, 0.717) is 12.1 Å². The fourth-order valence-electron chi connectivity index (χ4n) is 1.36. The number of carbonyl (C=O) groups is 2. The van der Waals surface area contributed by atoms with Gasteiger partial charge in [0, 0.05) is 24.2 Å². The van der Waals surface area contributed by atoms with Crippen LogP contribution in [0.5, 0.6) is 0 Å². The molecule has 0 rings (SSSR count). The van der Waals surface area contributed by atoms with Gasteiger partial charge in [-0.05, 0) is 13.3 Å². The van der Waals surface area contributed by atoms with Crippen molar-refractivity contribution in [1.29, 1.82) is 0 Å². The lowest BCUT2D eigenvalue weighted by Crippen LogP contribution is -2.24. The van der Waals surface area contributed by atoms with E-state index in [1.54, 1.807) is 7.05 Å². The van der Waals surface area contributed by atoms with Crippen LogP contribution in [0, 0.1) is 5.92 Å². The summed E-state index contributed by atoms with van der Waals surface area (Å²) in [5.41, 5.74) is 0.882. The van der Waals surface area contributed by atoms with E-state index in [1.165, 1.54) is 6.92 Å². The Morgan fingerprint density at radius 1 is 1.23 bits per heavy atom. The maximum atomic E-state index is 11.4. The Bertz CT molecular complexity index is 483. The van der Waals surface area contributed by atoms with Crippen LogP contribution in [-0.2, 0) is 23.6 Å². The zero-order chi connectivity index (χ0) is 17.3. The Labute approximate surface area is 129 Å². The largest absolute Gasteiger partial charge is 0.465 e. The zero-order valence-corrected chi connectivity index (χ0v) is 13.6. The molecule has 8 nitrogen and oxygen atoms in total. The average molecular weight is 335 g/mol. The number of hydrogen-bond acceptors (Lipinski definition) is 6. The first-order chi connectivity index (χ1) is 10.0. The minimum Gasteiger partial charge on any atom is -0.465 e. The number of allylic oxidation sites excluding steroid dienone is 1. The molecule has 22 heavy (non-hydrogen) atoms. The summed E-state index contributed by atoms with van der Waals surface area (Å²) in [6.07, 6.45) is -0.624. The van der Waals surface area contributed by atoms with Gasteiger partial charge in [0.05, 0.1) is 13.2 Å². The molecule has 1 unspecified atom stereocenters. The zero-order valence-electron chi connectivity index (χ0n) is 12.7. The van der Waals surface area contributed by atoms with E-state index < -0.39 is 25.7 Å². The molecule has 0 fully saturated rings. The Hall–Kier alpha value is -1.63. The number of carbonyl (C=O) groups excluding carboxylic acids is 2. The van der Waals surface area contributed by atoms with Crippen molar-refractivity contribution in [1.82, 2.24) is 5.32 Å². The number of esters is 2. The number of nitrogens with one attached hydrogen (secondary N) is 1. The van der Waals surface area contributed by atoms with E-state index in [-0.39, 0.29) is 24.7 Å². The third kappa shape index (κ3) is 10.1. The Kier molecular flexibility index (Phi) is 8.70. The van der Waals surface area contributed by atoms with E-state index in [0.717, 1.165) is 0 Å². The summed E-state index contributed by atoms with van der Waals surface area (Å²) < 4.78 is 20.5. The predicted octanol–water partition coefficient (Wildman–Crippen LogP) is 0.566. The van der Waals surface area contributed by atoms with Gasteiger partial charge >= 0.3 is 19.5 Å². The summed E-state index contributed by atoms with van der Waals surface area (Å²) in [5.74, 6) is -1.97. The van der Waals surface area contributed by atoms with Crippen molar-refractivity contribution in [3.8, 4) is 0 Å². The van der Waals surface area contributed by atoms with Crippen LogP contribution in [0.2, 0.25) is 0 Å². The van der Waals surface area contributed by atoms with Gasteiger partial charge in [-0.1, -0.05) is 13.2 Å². The molecule has 0 aromatic rings. The molecule has 9 heteroatoms. The lowest BCUT2D eigenvalue weighted by molar-refractivity contribution is -0.145. The van der Waals surface area contributed by atoms with Gasteiger partial charge in [-0.2, -0.15) is 0 Å². The van der Waals surface area contributed by atoms with Crippen LogP contribution < -0.4 is 5.32 Å².